The Hall–Kier alpha value is -1.30. The molecule has 0 unspecified atom stereocenters. The van der Waals surface area contributed by atoms with E-state index in [9.17, 15) is 0 Å². The number of nitrogens with one attached hydrogen (secondary N) is 2. The monoisotopic (exact) mass is 337 g/mol. The summed E-state index contributed by atoms with van der Waals surface area (Å²) in [6, 6.07) is 11.7. The predicted octanol–water partition coefficient (Wildman–Crippen LogP) is 3.95. The summed E-state index contributed by atoms with van der Waals surface area (Å²) < 4.78 is 0. The molecule has 2 rings (SSSR count). The topological polar surface area (TPSA) is 37.0 Å². The molecule has 1 heterocycles. The number of thioether (sulfide) groups is 1. The van der Waals surface area contributed by atoms with Crippen LogP contribution in [-0.2, 0) is 5.75 Å². The van der Waals surface area contributed by atoms with E-state index in [2.05, 4.69) is 27.8 Å². The highest BCUT2D eigenvalue weighted by Crippen LogP contribution is 2.15. The van der Waals surface area contributed by atoms with Gasteiger partial charge in [0.25, 0.3) is 0 Å². The normalized spacial score (nSPS) is 10.1. The Morgan fingerprint density at radius 2 is 1.86 bits per heavy atom. The van der Waals surface area contributed by atoms with Gasteiger partial charge >= 0.3 is 0 Å². The summed E-state index contributed by atoms with van der Waals surface area (Å²) in [4.78, 5) is 3.96. The lowest BCUT2D eigenvalue weighted by Crippen LogP contribution is -2.30. The van der Waals surface area contributed by atoms with Crippen molar-refractivity contribution in [1.82, 2.24) is 10.3 Å². The Kier molecular flexibility index (Phi) is 6.79. The van der Waals surface area contributed by atoms with Crippen molar-refractivity contribution >= 4 is 46.4 Å². The first-order valence-corrected chi connectivity index (χ1v) is 8.45. The van der Waals surface area contributed by atoms with E-state index in [4.69, 9.17) is 23.8 Å². The van der Waals surface area contributed by atoms with Crippen LogP contribution in [0.1, 0.15) is 5.56 Å². The maximum absolute atomic E-state index is 5.85. The second-order valence-corrected chi connectivity index (χ2v) is 6.25. The van der Waals surface area contributed by atoms with Gasteiger partial charge in [0.2, 0.25) is 0 Å². The van der Waals surface area contributed by atoms with Crippen molar-refractivity contribution in [3.05, 3.63) is 59.4 Å². The minimum atomic E-state index is 0.633. The number of anilines is 1. The number of rotatable bonds is 6. The Morgan fingerprint density at radius 3 is 2.57 bits per heavy atom. The molecule has 0 bridgehead atoms. The Morgan fingerprint density at radius 1 is 1.14 bits per heavy atom. The molecular formula is C15H16ClN3S2. The molecular weight excluding hydrogens is 322 g/mol. The molecule has 3 nitrogen and oxygen atoms in total. The molecule has 2 N–H and O–H groups in total. The molecule has 0 saturated heterocycles. The molecule has 0 saturated carbocycles. The van der Waals surface area contributed by atoms with Crippen molar-refractivity contribution in [3.63, 3.8) is 0 Å². The van der Waals surface area contributed by atoms with E-state index < -0.39 is 0 Å². The van der Waals surface area contributed by atoms with Gasteiger partial charge in [0.05, 0.1) is 0 Å². The zero-order chi connectivity index (χ0) is 14.9. The zero-order valence-electron chi connectivity index (χ0n) is 11.4. The molecule has 21 heavy (non-hydrogen) atoms. The molecule has 0 aliphatic carbocycles. The molecule has 110 valence electrons. The molecule has 0 radical (unpaired) electrons. The van der Waals surface area contributed by atoms with Gasteiger partial charge in [-0.1, -0.05) is 23.7 Å². The molecule has 1 aromatic carbocycles. The van der Waals surface area contributed by atoms with Crippen LogP contribution in [0.25, 0.3) is 0 Å². The average molecular weight is 338 g/mol. The first kappa shape index (κ1) is 16.1. The summed E-state index contributed by atoms with van der Waals surface area (Å²) >= 11 is 12.9. The van der Waals surface area contributed by atoms with Crippen molar-refractivity contribution in [1.29, 1.82) is 0 Å². The van der Waals surface area contributed by atoms with Crippen LogP contribution < -0.4 is 10.6 Å². The molecule has 2 aromatic rings. The van der Waals surface area contributed by atoms with Gasteiger partial charge in [0.1, 0.15) is 0 Å². The minimum absolute atomic E-state index is 0.633. The van der Waals surface area contributed by atoms with Gasteiger partial charge in [0, 0.05) is 41.2 Å². The van der Waals surface area contributed by atoms with Gasteiger partial charge in [-0.25, -0.2) is 0 Å². The van der Waals surface area contributed by atoms with Gasteiger partial charge in [-0.05, 0) is 42.0 Å². The standard InChI is InChI=1S/C15H16ClN3S2/c16-13-3-1-12(2-4-13)11-21-10-9-18-15(20)19-14-5-7-17-8-6-14/h1-8H,9-11H2,(H2,17,18,19,20). The molecule has 0 aliphatic heterocycles. The summed E-state index contributed by atoms with van der Waals surface area (Å²) in [5, 5.41) is 7.71. The largest absolute Gasteiger partial charge is 0.362 e. The van der Waals surface area contributed by atoms with E-state index in [0.717, 1.165) is 28.8 Å². The van der Waals surface area contributed by atoms with Gasteiger partial charge < -0.3 is 10.6 Å². The van der Waals surface area contributed by atoms with Crippen LogP contribution in [0.4, 0.5) is 5.69 Å². The number of hydrogen-bond acceptors (Lipinski definition) is 3. The third-order valence-electron chi connectivity index (χ3n) is 2.65. The number of aromatic nitrogens is 1. The number of benzene rings is 1. The van der Waals surface area contributed by atoms with Crippen molar-refractivity contribution in [2.45, 2.75) is 5.75 Å². The lowest BCUT2D eigenvalue weighted by molar-refractivity contribution is 0.989. The van der Waals surface area contributed by atoms with Gasteiger partial charge in [0.15, 0.2) is 5.11 Å². The Labute approximate surface area is 139 Å². The summed E-state index contributed by atoms with van der Waals surface area (Å²) in [6.07, 6.45) is 3.46. The molecule has 0 fully saturated rings. The van der Waals surface area contributed by atoms with E-state index in [1.165, 1.54) is 5.56 Å². The highest BCUT2D eigenvalue weighted by atomic mass is 35.5. The van der Waals surface area contributed by atoms with E-state index in [0.29, 0.717) is 5.11 Å². The molecule has 6 heteroatoms. The maximum Gasteiger partial charge on any atom is 0.170 e. The Balaban J connectivity index is 1.59. The SMILES string of the molecule is S=C(NCCSCc1ccc(Cl)cc1)Nc1ccncc1. The van der Waals surface area contributed by atoms with Crippen LogP contribution in [-0.4, -0.2) is 22.4 Å². The van der Waals surface area contributed by atoms with E-state index in [1.807, 2.05) is 36.0 Å². The Bertz CT molecular complexity index is 561. The smallest absolute Gasteiger partial charge is 0.170 e. The summed E-state index contributed by atoms with van der Waals surface area (Å²) in [5.74, 6) is 1.96. The molecule has 0 spiro atoms. The number of halogens is 1. The van der Waals surface area contributed by atoms with Crippen LogP contribution in [0.3, 0.4) is 0 Å². The second-order valence-electron chi connectivity index (χ2n) is 4.30. The summed E-state index contributed by atoms with van der Waals surface area (Å²) in [7, 11) is 0. The third kappa shape index (κ3) is 6.33. The summed E-state index contributed by atoms with van der Waals surface area (Å²) in [5.41, 5.74) is 2.22. The van der Waals surface area contributed by atoms with Crippen molar-refractivity contribution in [2.24, 2.45) is 0 Å². The summed E-state index contributed by atoms with van der Waals surface area (Å²) in [6.45, 7) is 0.829. The fraction of sp³-hybridized carbons (Fsp3) is 0.200. The average Bonchev–Trinajstić information content (AvgIpc) is 2.50. The van der Waals surface area contributed by atoms with Crippen LogP contribution in [0.2, 0.25) is 5.02 Å². The first-order valence-electron chi connectivity index (χ1n) is 6.51. The van der Waals surface area contributed by atoms with E-state index in [-0.39, 0.29) is 0 Å². The first-order chi connectivity index (χ1) is 10.2. The predicted molar refractivity (Wildman–Crippen MR) is 96.1 cm³/mol. The highest BCUT2D eigenvalue weighted by Gasteiger charge is 1.97. The second kappa shape index (κ2) is 8.87. The van der Waals surface area contributed by atoms with Crippen LogP contribution in [0, 0.1) is 0 Å². The fourth-order valence-electron chi connectivity index (χ4n) is 1.62. The number of pyridine rings is 1. The third-order valence-corrected chi connectivity index (χ3v) is 4.18. The number of nitrogens with zero attached hydrogens (tertiary/aromatic N) is 1. The minimum Gasteiger partial charge on any atom is -0.362 e. The van der Waals surface area contributed by atoms with Gasteiger partial charge in [-0.2, -0.15) is 11.8 Å². The van der Waals surface area contributed by atoms with Crippen LogP contribution >= 0.6 is 35.6 Å². The highest BCUT2D eigenvalue weighted by molar-refractivity contribution is 7.98. The quantitative estimate of drug-likeness (QED) is 0.616. The molecule has 0 amide bonds. The zero-order valence-corrected chi connectivity index (χ0v) is 13.8. The lowest BCUT2D eigenvalue weighted by atomic mass is 10.2. The molecule has 1 aromatic heterocycles. The van der Waals surface area contributed by atoms with Crippen molar-refractivity contribution < 1.29 is 0 Å². The number of hydrogen-bond donors (Lipinski definition) is 2. The van der Waals surface area contributed by atoms with E-state index in [1.54, 1.807) is 12.4 Å². The van der Waals surface area contributed by atoms with Gasteiger partial charge in [-0.15, -0.1) is 0 Å². The van der Waals surface area contributed by atoms with E-state index >= 15 is 0 Å². The van der Waals surface area contributed by atoms with Crippen molar-refractivity contribution in [3.8, 4) is 0 Å². The van der Waals surface area contributed by atoms with Gasteiger partial charge in [-0.3, -0.25) is 4.98 Å². The fourth-order valence-corrected chi connectivity index (χ4v) is 2.78. The van der Waals surface area contributed by atoms with Crippen molar-refractivity contribution in [2.75, 3.05) is 17.6 Å². The van der Waals surface area contributed by atoms with Crippen LogP contribution in [0.5, 0.6) is 0 Å². The molecule has 0 aliphatic rings. The maximum atomic E-state index is 5.85. The number of thiocarbonyl (C=S) groups is 1. The van der Waals surface area contributed by atoms with Crippen LogP contribution in [0.15, 0.2) is 48.8 Å². The lowest BCUT2D eigenvalue weighted by Gasteiger charge is -2.10. The molecule has 0 atom stereocenters.